The SMILES string of the molecule is CC(C)OC(O)N1[C@H](C)C[C@H](NS(=O)(=O)N(C)C)[C@@H]1COC1CCN(c2ncc(F)cn2)CC1. The molecule has 0 saturated carbocycles. The molecule has 1 aromatic rings. The summed E-state index contributed by atoms with van der Waals surface area (Å²) in [5.74, 6) is 0.0168. The lowest BCUT2D eigenvalue weighted by atomic mass is 10.1. The van der Waals surface area contributed by atoms with E-state index in [-0.39, 0.29) is 24.9 Å². The second-order valence-electron chi connectivity index (χ2n) is 9.34. The number of hydrogen-bond donors (Lipinski definition) is 2. The Labute approximate surface area is 201 Å². The molecule has 0 aliphatic carbocycles. The standard InChI is InChI=1S/C21H37FN6O5S/c1-14(2)33-21(29)28-15(3)10-18(25-34(30,31)26(4)5)19(28)13-32-17-6-8-27(9-7-17)20-23-11-16(22)12-24-20/h11-12,14-15,17-19,21,25,29H,6-10,13H2,1-5H3/t15-,18+,19+,21?/m1/s1. The summed E-state index contributed by atoms with van der Waals surface area (Å²) >= 11 is 0. The summed E-state index contributed by atoms with van der Waals surface area (Å²) in [4.78, 5) is 11.8. The van der Waals surface area contributed by atoms with Gasteiger partial charge in [0.25, 0.3) is 10.2 Å². The highest BCUT2D eigenvalue weighted by molar-refractivity contribution is 7.87. The van der Waals surface area contributed by atoms with Gasteiger partial charge in [0.1, 0.15) is 0 Å². The van der Waals surface area contributed by atoms with Crippen molar-refractivity contribution in [3.8, 4) is 0 Å². The van der Waals surface area contributed by atoms with E-state index in [9.17, 15) is 17.9 Å². The molecule has 0 amide bonds. The normalized spacial score (nSPS) is 26.0. The Morgan fingerprint density at radius 3 is 2.44 bits per heavy atom. The Morgan fingerprint density at radius 1 is 1.26 bits per heavy atom. The summed E-state index contributed by atoms with van der Waals surface area (Å²) in [5.41, 5.74) is 0. The minimum absolute atomic E-state index is 0.0382. The van der Waals surface area contributed by atoms with Crippen molar-refractivity contribution in [1.82, 2.24) is 23.9 Å². The Bertz CT molecular complexity index is 882. The quantitative estimate of drug-likeness (QED) is 0.440. The van der Waals surface area contributed by atoms with Gasteiger partial charge in [0.05, 0.1) is 37.3 Å². The number of aliphatic hydroxyl groups excluding tert-OH is 1. The molecule has 0 radical (unpaired) electrons. The Balaban J connectivity index is 1.64. The average Bonchev–Trinajstić information content (AvgIpc) is 3.06. The lowest BCUT2D eigenvalue weighted by Gasteiger charge is -2.37. The van der Waals surface area contributed by atoms with Crippen LogP contribution < -0.4 is 9.62 Å². The van der Waals surface area contributed by atoms with E-state index in [0.29, 0.717) is 25.5 Å². The minimum atomic E-state index is -3.66. The molecule has 0 bridgehead atoms. The molecule has 2 fully saturated rings. The van der Waals surface area contributed by atoms with Crippen LogP contribution in [-0.4, -0.2) is 103 Å². The van der Waals surface area contributed by atoms with E-state index >= 15 is 0 Å². The van der Waals surface area contributed by atoms with Crippen molar-refractivity contribution in [2.75, 3.05) is 38.7 Å². The highest BCUT2D eigenvalue weighted by Gasteiger charge is 2.45. The van der Waals surface area contributed by atoms with Crippen molar-refractivity contribution in [3.05, 3.63) is 18.2 Å². The van der Waals surface area contributed by atoms with E-state index in [4.69, 9.17) is 9.47 Å². The molecule has 0 spiro atoms. The van der Waals surface area contributed by atoms with E-state index in [1.807, 2.05) is 25.7 Å². The van der Waals surface area contributed by atoms with Crippen LogP contribution in [0, 0.1) is 5.82 Å². The zero-order chi connectivity index (χ0) is 25.0. The molecular formula is C21H37FN6O5S. The predicted octanol–water partition coefficient (Wildman–Crippen LogP) is 0.529. The zero-order valence-electron chi connectivity index (χ0n) is 20.5. The molecule has 2 saturated heterocycles. The van der Waals surface area contributed by atoms with Gasteiger partial charge in [-0.3, -0.25) is 0 Å². The molecule has 2 aliphatic heterocycles. The number of anilines is 1. The number of aromatic nitrogens is 2. The highest BCUT2D eigenvalue weighted by Crippen LogP contribution is 2.29. The summed E-state index contributed by atoms with van der Waals surface area (Å²) in [5, 5.41) is 10.7. The average molecular weight is 505 g/mol. The van der Waals surface area contributed by atoms with E-state index in [1.165, 1.54) is 14.1 Å². The fraction of sp³-hybridized carbons (Fsp3) is 0.810. The number of nitrogens with zero attached hydrogens (tertiary/aromatic N) is 5. The van der Waals surface area contributed by atoms with E-state index in [0.717, 1.165) is 29.5 Å². The largest absolute Gasteiger partial charge is 0.376 e. The topological polar surface area (TPSA) is 120 Å². The van der Waals surface area contributed by atoms with Gasteiger partial charge in [-0.1, -0.05) is 0 Å². The summed E-state index contributed by atoms with van der Waals surface area (Å²) in [6, 6.07) is -0.966. The van der Waals surface area contributed by atoms with Crippen LogP contribution in [0.15, 0.2) is 12.4 Å². The first kappa shape index (κ1) is 27.1. The molecule has 1 aromatic heterocycles. The third-order valence-electron chi connectivity index (χ3n) is 6.22. The minimum Gasteiger partial charge on any atom is -0.376 e. The van der Waals surface area contributed by atoms with Crippen LogP contribution in [0.5, 0.6) is 0 Å². The van der Waals surface area contributed by atoms with Crippen molar-refractivity contribution in [2.24, 2.45) is 0 Å². The van der Waals surface area contributed by atoms with Gasteiger partial charge in [-0.15, -0.1) is 0 Å². The molecular weight excluding hydrogens is 467 g/mol. The Kier molecular flexibility index (Phi) is 9.17. The van der Waals surface area contributed by atoms with Gasteiger partial charge in [0.2, 0.25) is 12.4 Å². The van der Waals surface area contributed by atoms with Crippen LogP contribution >= 0.6 is 0 Å². The van der Waals surface area contributed by atoms with Crippen molar-refractivity contribution < 1.29 is 27.4 Å². The van der Waals surface area contributed by atoms with Crippen LogP contribution in [0.1, 0.15) is 40.0 Å². The number of nitrogens with one attached hydrogen (secondary N) is 1. The number of halogens is 1. The number of likely N-dealkylation sites (tertiary alicyclic amines) is 1. The lowest BCUT2D eigenvalue weighted by molar-refractivity contribution is -0.229. The molecule has 3 heterocycles. The molecule has 2 N–H and O–H groups in total. The first-order chi connectivity index (χ1) is 16.0. The van der Waals surface area contributed by atoms with Gasteiger partial charge in [-0.05, 0) is 40.0 Å². The Hall–Kier alpha value is -1.48. The highest BCUT2D eigenvalue weighted by atomic mass is 32.2. The van der Waals surface area contributed by atoms with Crippen molar-refractivity contribution in [3.63, 3.8) is 0 Å². The zero-order valence-corrected chi connectivity index (χ0v) is 21.3. The van der Waals surface area contributed by atoms with Gasteiger partial charge in [0, 0.05) is 39.3 Å². The maximum Gasteiger partial charge on any atom is 0.279 e. The third kappa shape index (κ3) is 6.80. The summed E-state index contributed by atoms with van der Waals surface area (Å²) in [7, 11) is -0.720. The van der Waals surface area contributed by atoms with Gasteiger partial charge in [-0.25, -0.2) is 19.3 Å². The smallest absolute Gasteiger partial charge is 0.279 e. The van der Waals surface area contributed by atoms with Crippen molar-refractivity contribution >= 4 is 16.2 Å². The van der Waals surface area contributed by atoms with E-state index < -0.39 is 34.5 Å². The first-order valence-corrected chi connectivity index (χ1v) is 13.1. The van der Waals surface area contributed by atoms with Crippen LogP contribution in [-0.2, 0) is 19.7 Å². The van der Waals surface area contributed by atoms with Crippen LogP contribution in [0.4, 0.5) is 10.3 Å². The van der Waals surface area contributed by atoms with Crippen LogP contribution in [0.3, 0.4) is 0 Å². The first-order valence-electron chi connectivity index (χ1n) is 11.6. The molecule has 0 aromatic carbocycles. The maximum absolute atomic E-state index is 13.1. The lowest BCUT2D eigenvalue weighted by Crippen LogP contribution is -2.54. The van der Waals surface area contributed by atoms with Crippen LogP contribution in [0.2, 0.25) is 0 Å². The fourth-order valence-corrected chi connectivity index (χ4v) is 5.27. The second-order valence-corrected chi connectivity index (χ2v) is 11.3. The molecule has 1 unspecified atom stereocenters. The molecule has 2 aliphatic rings. The number of ether oxygens (including phenoxy) is 2. The second kappa shape index (κ2) is 11.5. The molecule has 3 rings (SSSR count). The van der Waals surface area contributed by atoms with Crippen molar-refractivity contribution in [1.29, 1.82) is 0 Å². The monoisotopic (exact) mass is 504 g/mol. The van der Waals surface area contributed by atoms with Gasteiger partial charge >= 0.3 is 0 Å². The molecule has 34 heavy (non-hydrogen) atoms. The van der Waals surface area contributed by atoms with Gasteiger partial charge < -0.3 is 19.5 Å². The molecule has 11 nitrogen and oxygen atoms in total. The maximum atomic E-state index is 13.1. The Morgan fingerprint density at radius 2 is 1.88 bits per heavy atom. The van der Waals surface area contributed by atoms with Gasteiger partial charge in [0.15, 0.2) is 5.82 Å². The number of hydrogen-bond acceptors (Lipinski definition) is 9. The van der Waals surface area contributed by atoms with Crippen LogP contribution in [0.25, 0.3) is 0 Å². The number of aliphatic hydroxyl groups is 1. The van der Waals surface area contributed by atoms with E-state index in [1.54, 1.807) is 4.90 Å². The van der Waals surface area contributed by atoms with Crippen molar-refractivity contribution in [2.45, 2.75) is 76.8 Å². The third-order valence-corrected chi connectivity index (χ3v) is 7.78. The predicted molar refractivity (Wildman–Crippen MR) is 125 cm³/mol. The van der Waals surface area contributed by atoms with E-state index in [2.05, 4.69) is 14.7 Å². The molecule has 194 valence electrons. The number of piperidine rings is 1. The molecule has 13 heteroatoms. The number of rotatable bonds is 10. The van der Waals surface area contributed by atoms with Gasteiger partial charge in [-0.2, -0.15) is 17.4 Å². The fourth-order valence-electron chi connectivity index (χ4n) is 4.43. The summed E-state index contributed by atoms with van der Waals surface area (Å²) in [6.07, 6.45) is 2.86. The summed E-state index contributed by atoms with van der Waals surface area (Å²) < 4.78 is 53.8. The summed E-state index contributed by atoms with van der Waals surface area (Å²) in [6.45, 7) is 7.17. The molecule has 4 atom stereocenters.